The van der Waals surface area contributed by atoms with Gasteiger partial charge in [-0.25, -0.2) is 0 Å². The van der Waals surface area contributed by atoms with Crippen molar-refractivity contribution in [2.45, 2.75) is 76.4 Å². The number of aromatic nitrogens is 1. The van der Waals surface area contributed by atoms with E-state index in [2.05, 4.69) is 15.8 Å². The number of Topliss-reactive ketones (excluding diaryl/α,β-unsaturated/α-hetero) is 1. The number of hydrogen-bond acceptors (Lipinski definition) is 7. The van der Waals surface area contributed by atoms with Crippen molar-refractivity contribution in [2.75, 3.05) is 26.7 Å². The Morgan fingerprint density at radius 2 is 2.07 bits per heavy atom. The number of methoxy groups -OCH3 is 1. The summed E-state index contributed by atoms with van der Waals surface area (Å²) in [4.78, 5) is 20.4. The van der Waals surface area contributed by atoms with Crippen LogP contribution in [0.5, 0.6) is 0 Å². The summed E-state index contributed by atoms with van der Waals surface area (Å²) in [6.45, 7) is 2.61. The number of unbranched alkanes of at least 4 members (excludes halogenated alkanes) is 1. The third-order valence-electron chi connectivity index (χ3n) is 8.46. The van der Waals surface area contributed by atoms with E-state index in [9.17, 15) is 20.1 Å². The SMILES string of the molecule is C#C/C=C(O)\C=C/C[C@@H](O)[C@@H](CN1CCCC1)C(CCc1cccnc1)C(=O)CCCCC(O)C1C=CC(OC)=CC1. The topological polar surface area (TPSA) is 103 Å². The third kappa shape index (κ3) is 11.2. The second-order valence-electron chi connectivity index (χ2n) is 11.5. The number of rotatable bonds is 18. The Morgan fingerprint density at radius 1 is 1.26 bits per heavy atom. The van der Waals surface area contributed by atoms with Crippen LogP contribution in [0.4, 0.5) is 0 Å². The Balaban J connectivity index is 1.66. The summed E-state index contributed by atoms with van der Waals surface area (Å²) in [5.41, 5.74) is 1.07. The zero-order valence-corrected chi connectivity index (χ0v) is 25.0. The highest BCUT2D eigenvalue weighted by Crippen LogP contribution is 2.30. The number of ether oxygens (including phenoxy) is 1. The zero-order valence-electron chi connectivity index (χ0n) is 25.0. The Bertz CT molecular complexity index is 1110. The van der Waals surface area contributed by atoms with Crippen LogP contribution in [0.2, 0.25) is 0 Å². The summed E-state index contributed by atoms with van der Waals surface area (Å²) >= 11 is 0. The normalized spacial score (nSPS) is 20.6. The molecule has 2 aliphatic rings. The molecule has 42 heavy (non-hydrogen) atoms. The molecule has 1 aliphatic carbocycles. The molecule has 1 aliphatic heterocycles. The van der Waals surface area contributed by atoms with Crippen LogP contribution in [0, 0.1) is 30.1 Å². The van der Waals surface area contributed by atoms with Crippen LogP contribution < -0.4 is 0 Å². The van der Waals surface area contributed by atoms with Crippen molar-refractivity contribution < 1.29 is 24.9 Å². The van der Waals surface area contributed by atoms with Gasteiger partial charge in [-0.3, -0.25) is 9.78 Å². The molecule has 0 amide bonds. The van der Waals surface area contributed by atoms with Gasteiger partial charge in [-0.1, -0.05) is 30.6 Å². The number of allylic oxidation sites excluding steroid dienone is 4. The van der Waals surface area contributed by atoms with Gasteiger partial charge in [0.2, 0.25) is 0 Å². The lowest BCUT2D eigenvalue weighted by atomic mass is 9.78. The van der Waals surface area contributed by atoms with E-state index in [0.29, 0.717) is 45.1 Å². The smallest absolute Gasteiger partial charge is 0.136 e. The monoisotopic (exact) mass is 576 g/mol. The number of pyridine rings is 1. The number of carbonyl (C=O) groups is 1. The van der Waals surface area contributed by atoms with E-state index in [4.69, 9.17) is 11.2 Å². The van der Waals surface area contributed by atoms with Crippen molar-refractivity contribution in [3.05, 3.63) is 78.1 Å². The molecular formula is C35H48N2O5. The number of aliphatic hydroxyl groups excluding tert-OH is 3. The quantitative estimate of drug-likeness (QED) is 0.0941. The summed E-state index contributed by atoms with van der Waals surface area (Å²) < 4.78 is 5.24. The first-order chi connectivity index (χ1) is 20.4. The van der Waals surface area contributed by atoms with Gasteiger partial charge in [0, 0.05) is 49.2 Å². The van der Waals surface area contributed by atoms with Gasteiger partial charge in [0.1, 0.15) is 17.3 Å². The highest BCUT2D eigenvalue weighted by atomic mass is 16.5. The minimum Gasteiger partial charge on any atom is -0.507 e. The fourth-order valence-corrected chi connectivity index (χ4v) is 6.01. The van der Waals surface area contributed by atoms with E-state index < -0.39 is 12.2 Å². The first kappa shape index (κ1) is 33.3. The van der Waals surface area contributed by atoms with Gasteiger partial charge in [0.15, 0.2) is 0 Å². The summed E-state index contributed by atoms with van der Waals surface area (Å²) in [6.07, 6.45) is 25.2. The van der Waals surface area contributed by atoms with Crippen molar-refractivity contribution in [2.24, 2.45) is 17.8 Å². The molecule has 0 bridgehead atoms. The number of nitrogens with zero attached hydrogens (tertiary/aromatic N) is 2. The third-order valence-corrected chi connectivity index (χ3v) is 8.46. The molecule has 7 heteroatoms. The molecule has 3 unspecified atom stereocenters. The fourth-order valence-electron chi connectivity index (χ4n) is 6.01. The number of aliphatic hydroxyl groups is 3. The molecule has 1 aromatic rings. The van der Waals surface area contributed by atoms with E-state index in [1.54, 1.807) is 19.4 Å². The molecule has 7 nitrogen and oxygen atoms in total. The molecule has 1 aromatic heterocycles. The average molecular weight is 577 g/mol. The Labute approximate surface area is 251 Å². The summed E-state index contributed by atoms with van der Waals surface area (Å²) in [5, 5.41) is 32.0. The van der Waals surface area contributed by atoms with E-state index in [1.807, 2.05) is 36.6 Å². The average Bonchev–Trinajstić information content (AvgIpc) is 3.52. The van der Waals surface area contributed by atoms with Crippen LogP contribution >= 0.6 is 0 Å². The van der Waals surface area contributed by atoms with Gasteiger partial charge < -0.3 is 25.0 Å². The molecule has 1 fully saturated rings. The lowest BCUT2D eigenvalue weighted by Crippen LogP contribution is -2.41. The molecular weight excluding hydrogens is 528 g/mol. The number of terminal acetylenes is 1. The molecule has 0 spiro atoms. The van der Waals surface area contributed by atoms with Crippen LogP contribution in [0.1, 0.15) is 63.4 Å². The first-order valence-electron chi connectivity index (χ1n) is 15.4. The molecule has 0 radical (unpaired) electrons. The van der Waals surface area contributed by atoms with Crippen molar-refractivity contribution in [3.8, 4) is 12.3 Å². The minimum atomic E-state index is -0.742. The lowest BCUT2D eigenvalue weighted by Gasteiger charge is -2.33. The maximum absolute atomic E-state index is 13.8. The number of ketones is 1. The molecule has 2 heterocycles. The Hall–Kier alpha value is -3.18. The molecule has 3 rings (SSSR count). The highest BCUT2D eigenvalue weighted by molar-refractivity contribution is 5.81. The van der Waals surface area contributed by atoms with Gasteiger partial charge in [0.25, 0.3) is 0 Å². The second kappa shape index (κ2) is 18.4. The van der Waals surface area contributed by atoms with E-state index >= 15 is 0 Å². The van der Waals surface area contributed by atoms with Crippen LogP contribution in [0.25, 0.3) is 0 Å². The molecule has 3 N–H and O–H groups in total. The van der Waals surface area contributed by atoms with Crippen LogP contribution in [0.15, 0.2) is 72.5 Å². The van der Waals surface area contributed by atoms with Crippen LogP contribution in [0.3, 0.4) is 0 Å². The van der Waals surface area contributed by atoms with E-state index in [0.717, 1.165) is 50.1 Å². The molecule has 0 aromatic carbocycles. The van der Waals surface area contributed by atoms with Crippen LogP contribution in [-0.4, -0.2) is 69.9 Å². The summed E-state index contributed by atoms with van der Waals surface area (Å²) in [7, 11) is 1.64. The van der Waals surface area contributed by atoms with Gasteiger partial charge in [-0.2, -0.15) is 0 Å². The number of hydrogen-bond donors (Lipinski definition) is 3. The fraction of sp³-hybridized carbons (Fsp3) is 0.543. The highest BCUT2D eigenvalue weighted by Gasteiger charge is 2.34. The predicted molar refractivity (Wildman–Crippen MR) is 166 cm³/mol. The standard InChI is InChI=1S/C35H48N2O5/c1-3-10-29(38)12-8-15-35(41)32(26-37-23-6-7-24-37)31(21-16-27-11-9-22-36-25-27)34(40)14-5-4-13-33(39)28-17-19-30(42-2)20-18-28/h1,8-12,17,19-20,22,25,28,31-33,35,38-39,41H,4-7,13-16,18,21,23-24,26H2,2H3/b12-8-,29-10+/t28?,31?,32-,33?,35+/m0/s1. The molecule has 228 valence electrons. The van der Waals surface area contributed by atoms with Crippen LogP contribution in [-0.2, 0) is 16.0 Å². The van der Waals surface area contributed by atoms with Gasteiger partial charge in [0.05, 0.1) is 19.3 Å². The maximum Gasteiger partial charge on any atom is 0.136 e. The maximum atomic E-state index is 13.8. The van der Waals surface area contributed by atoms with E-state index in [-0.39, 0.29) is 29.3 Å². The molecule has 1 saturated heterocycles. The van der Waals surface area contributed by atoms with Crippen molar-refractivity contribution >= 4 is 5.78 Å². The zero-order chi connectivity index (χ0) is 30.2. The van der Waals surface area contributed by atoms with Crippen molar-refractivity contribution in [3.63, 3.8) is 0 Å². The number of likely N-dealkylation sites (tertiary alicyclic amines) is 1. The van der Waals surface area contributed by atoms with Crippen molar-refractivity contribution in [1.29, 1.82) is 0 Å². The van der Waals surface area contributed by atoms with Gasteiger partial charge in [-0.15, -0.1) is 6.42 Å². The van der Waals surface area contributed by atoms with Crippen molar-refractivity contribution in [1.82, 2.24) is 9.88 Å². The number of aryl methyl sites for hydroxylation is 1. The first-order valence-corrected chi connectivity index (χ1v) is 15.4. The molecule has 5 atom stereocenters. The largest absolute Gasteiger partial charge is 0.507 e. The van der Waals surface area contributed by atoms with E-state index in [1.165, 1.54) is 12.2 Å². The Kier molecular flexibility index (Phi) is 14.6. The predicted octanol–water partition coefficient (Wildman–Crippen LogP) is 5.32. The summed E-state index contributed by atoms with van der Waals surface area (Å²) in [5.74, 6) is 2.75. The lowest BCUT2D eigenvalue weighted by molar-refractivity contribution is -0.127. The summed E-state index contributed by atoms with van der Waals surface area (Å²) in [6, 6.07) is 3.93. The van der Waals surface area contributed by atoms with Gasteiger partial charge in [-0.05, 0) is 94.3 Å². The van der Waals surface area contributed by atoms with Gasteiger partial charge >= 0.3 is 0 Å². The number of carbonyl (C=O) groups excluding carboxylic acids is 1. The molecule has 0 saturated carbocycles. The Morgan fingerprint density at radius 3 is 2.74 bits per heavy atom. The second-order valence-corrected chi connectivity index (χ2v) is 11.5. The minimum absolute atomic E-state index is 0.0361.